The monoisotopic (exact) mass is 356 g/mol. The second-order valence-corrected chi connectivity index (χ2v) is 6.44. The Hall–Kier alpha value is -3.05. The van der Waals surface area contributed by atoms with Crippen LogP contribution in [0.2, 0.25) is 0 Å². The van der Waals surface area contributed by atoms with E-state index < -0.39 is 17.3 Å². The number of nitrogens with one attached hydrogen (secondary N) is 1. The van der Waals surface area contributed by atoms with Gasteiger partial charge in [-0.05, 0) is 30.7 Å². The average molecular weight is 356 g/mol. The number of hydrogen-bond donors (Lipinski definition) is 1. The van der Waals surface area contributed by atoms with Gasteiger partial charge in [-0.3, -0.25) is 14.2 Å². The van der Waals surface area contributed by atoms with Crippen molar-refractivity contribution in [3.63, 3.8) is 0 Å². The minimum Gasteiger partial charge on any atom is -0.315 e. The highest BCUT2D eigenvalue weighted by Gasteiger charge is 2.13. The number of carbonyl (C=O) groups excluding carboxylic acids is 1. The number of nitrogens with zero attached hydrogens (tertiary/aromatic N) is 3. The molecule has 0 aliphatic heterocycles. The minimum atomic E-state index is -0.544. The largest absolute Gasteiger partial charge is 0.315 e. The zero-order chi connectivity index (χ0) is 18.0. The molecule has 6 nitrogen and oxygen atoms in total. The van der Waals surface area contributed by atoms with Gasteiger partial charge in [-0.15, -0.1) is 11.3 Å². The number of rotatable bonds is 4. The van der Waals surface area contributed by atoms with Gasteiger partial charge in [0.25, 0.3) is 5.56 Å². The van der Waals surface area contributed by atoms with E-state index in [1.54, 1.807) is 6.07 Å². The predicted molar refractivity (Wildman–Crippen MR) is 93.0 cm³/mol. The number of anilines is 1. The first-order valence-corrected chi connectivity index (χ1v) is 8.31. The number of aryl methyl sites for hydroxylation is 1. The maximum absolute atomic E-state index is 13.3. The Balaban J connectivity index is 1.85. The number of benzene rings is 1. The number of carbonyl (C=O) groups is 1. The summed E-state index contributed by atoms with van der Waals surface area (Å²) in [6, 6.07) is 7.49. The van der Waals surface area contributed by atoms with Crippen LogP contribution in [-0.2, 0) is 17.8 Å². The minimum absolute atomic E-state index is 0.109. The fraction of sp³-hybridized carbons (Fsp3) is 0.176. The van der Waals surface area contributed by atoms with E-state index in [1.165, 1.54) is 29.8 Å². The lowest BCUT2D eigenvalue weighted by Gasteiger charge is -2.07. The Morgan fingerprint density at radius 1 is 1.44 bits per heavy atom. The van der Waals surface area contributed by atoms with Gasteiger partial charge in [0.05, 0.1) is 22.8 Å². The van der Waals surface area contributed by atoms with E-state index in [0.717, 1.165) is 21.9 Å². The fourth-order valence-electron chi connectivity index (χ4n) is 2.36. The number of halogens is 1. The Labute approximate surface area is 146 Å². The highest BCUT2D eigenvalue weighted by Crippen LogP contribution is 2.27. The third-order valence-electron chi connectivity index (χ3n) is 3.60. The number of hydrogen-bond acceptors (Lipinski definition) is 5. The van der Waals surface area contributed by atoms with Crippen LogP contribution >= 0.6 is 11.3 Å². The molecule has 0 bridgehead atoms. The molecule has 2 heterocycles. The SMILES string of the molecule is CCc1cc(C#N)c(NC(=O)Cn2cnc3ccc(F)cc3c2=O)s1. The van der Waals surface area contributed by atoms with E-state index in [4.69, 9.17) is 5.26 Å². The molecule has 1 amide bonds. The molecule has 1 aromatic carbocycles. The Morgan fingerprint density at radius 3 is 2.96 bits per heavy atom. The standard InChI is InChI=1S/C17H13FN4O2S/c1-2-12-5-10(7-19)16(25-12)21-15(23)8-22-9-20-14-4-3-11(18)6-13(14)17(22)24/h3-6,9H,2,8H2,1H3,(H,21,23). The molecule has 0 aliphatic rings. The molecule has 0 saturated heterocycles. The van der Waals surface area contributed by atoms with Crippen LogP contribution in [0.1, 0.15) is 17.4 Å². The molecule has 0 fully saturated rings. The highest BCUT2D eigenvalue weighted by atomic mass is 32.1. The van der Waals surface area contributed by atoms with Gasteiger partial charge in [-0.25, -0.2) is 9.37 Å². The zero-order valence-corrected chi connectivity index (χ0v) is 14.1. The second-order valence-electron chi connectivity index (χ2n) is 5.31. The lowest BCUT2D eigenvalue weighted by atomic mass is 10.2. The normalized spacial score (nSPS) is 10.6. The zero-order valence-electron chi connectivity index (χ0n) is 13.2. The number of fused-ring (bicyclic) bond motifs is 1. The summed E-state index contributed by atoms with van der Waals surface area (Å²) in [6.07, 6.45) is 2.01. The van der Waals surface area contributed by atoms with Crippen LogP contribution in [0.5, 0.6) is 0 Å². The van der Waals surface area contributed by atoms with Gasteiger partial charge in [-0.2, -0.15) is 5.26 Å². The van der Waals surface area contributed by atoms with Gasteiger partial charge in [0.15, 0.2) is 0 Å². The maximum Gasteiger partial charge on any atom is 0.261 e. The summed E-state index contributed by atoms with van der Waals surface area (Å²) in [6.45, 7) is 1.68. The Kier molecular flexibility index (Phi) is 4.59. The topological polar surface area (TPSA) is 87.8 Å². The van der Waals surface area contributed by atoms with Gasteiger partial charge in [0, 0.05) is 4.88 Å². The first kappa shape index (κ1) is 16.8. The van der Waals surface area contributed by atoms with E-state index in [-0.39, 0.29) is 11.9 Å². The molecule has 0 spiro atoms. The fourth-order valence-corrected chi connectivity index (χ4v) is 3.32. The van der Waals surface area contributed by atoms with E-state index in [9.17, 15) is 14.0 Å². The van der Waals surface area contributed by atoms with Crippen molar-refractivity contribution in [3.05, 3.63) is 57.2 Å². The van der Waals surface area contributed by atoms with E-state index >= 15 is 0 Å². The average Bonchev–Trinajstić information content (AvgIpc) is 3.00. The third kappa shape index (κ3) is 3.41. The molecule has 0 radical (unpaired) electrons. The number of thiophene rings is 1. The van der Waals surface area contributed by atoms with Gasteiger partial charge in [-0.1, -0.05) is 6.92 Å². The summed E-state index contributed by atoms with van der Waals surface area (Å²) in [5.41, 5.74) is 0.252. The van der Waals surface area contributed by atoms with Crippen molar-refractivity contribution in [1.29, 1.82) is 5.26 Å². The van der Waals surface area contributed by atoms with Crippen molar-refractivity contribution in [2.45, 2.75) is 19.9 Å². The van der Waals surface area contributed by atoms with Crippen LogP contribution in [0.3, 0.4) is 0 Å². The molecule has 2 aromatic heterocycles. The maximum atomic E-state index is 13.3. The number of aromatic nitrogens is 2. The summed E-state index contributed by atoms with van der Waals surface area (Å²) in [5, 5.41) is 12.3. The molecule has 25 heavy (non-hydrogen) atoms. The molecule has 0 saturated carbocycles. The Bertz CT molecular complexity index is 1060. The Morgan fingerprint density at radius 2 is 2.24 bits per heavy atom. The molecular formula is C17H13FN4O2S. The van der Waals surface area contributed by atoms with Crippen LogP contribution in [0.15, 0.2) is 35.4 Å². The first-order valence-electron chi connectivity index (χ1n) is 7.49. The van der Waals surface area contributed by atoms with Crippen LogP contribution in [-0.4, -0.2) is 15.5 Å². The van der Waals surface area contributed by atoms with Gasteiger partial charge < -0.3 is 5.32 Å². The summed E-state index contributed by atoms with van der Waals surface area (Å²) < 4.78 is 14.4. The van der Waals surface area contributed by atoms with E-state index in [1.807, 2.05) is 13.0 Å². The van der Waals surface area contributed by atoms with Crippen molar-refractivity contribution >= 4 is 33.1 Å². The summed E-state index contributed by atoms with van der Waals surface area (Å²) in [4.78, 5) is 29.6. The lowest BCUT2D eigenvalue weighted by molar-refractivity contribution is -0.116. The first-order chi connectivity index (χ1) is 12.0. The molecule has 8 heteroatoms. The van der Waals surface area contributed by atoms with Gasteiger partial charge in [0.2, 0.25) is 5.91 Å². The molecule has 0 unspecified atom stereocenters. The second kappa shape index (κ2) is 6.83. The smallest absolute Gasteiger partial charge is 0.261 e. The lowest BCUT2D eigenvalue weighted by Crippen LogP contribution is -2.27. The van der Waals surface area contributed by atoms with Crippen molar-refractivity contribution in [1.82, 2.24) is 9.55 Å². The summed E-state index contributed by atoms with van der Waals surface area (Å²) in [7, 11) is 0. The van der Waals surface area contributed by atoms with Crippen LogP contribution in [0.25, 0.3) is 10.9 Å². The predicted octanol–water partition coefficient (Wildman–Crippen LogP) is 2.67. The third-order valence-corrected chi connectivity index (χ3v) is 4.80. The highest BCUT2D eigenvalue weighted by molar-refractivity contribution is 7.16. The van der Waals surface area contributed by atoms with Crippen molar-refractivity contribution < 1.29 is 9.18 Å². The van der Waals surface area contributed by atoms with Crippen molar-refractivity contribution in [2.24, 2.45) is 0 Å². The van der Waals surface area contributed by atoms with E-state index in [0.29, 0.717) is 16.1 Å². The molecule has 126 valence electrons. The van der Waals surface area contributed by atoms with Gasteiger partial charge >= 0.3 is 0 Å². The van der Waals surface area contributed by atoms with E-state index in [2.05, 4.69) is 10.3 Å². The molecule has 0 atom stereocenters. The summed E-state index contributed by atoms with van der Waals surface area (Å²) >= 11 is 1.32. The molecule has 0 aliphatic carbocycles. The van der Waals surface area contributed by atoms with Crippen LogP contribution in [0, 0.1) is 17.1 Å². The van der Waals surface area contributed by atoms with Crippen LogP contribution in [0.4, 0.5) is 9.39 Å². The molecule has 3 aromatic rings. The number of amides is 1. The molecule has 3 rings (SSSR count). The van der Waals surface area contributed by atoms with Crippen molar-refractivity contribution in [2.75, 3.05) is 5.32 Å². The van der Waals surface area contributed by atoms with Crippen molar-refractivity contribution in [3.8, 4) is 6.07 Å². The van der Waals surface area contributed by atoms with Crippen LogP contribution < -0.4 is 10.9 Å². The molecule has 1 N–H and O–H groups in total. The summed E-state index contributed by atoms with van der Waals surface area (Å²) in [5.74, 6) is -1.00. The molecular weight excluding hydrogens is 343 g/mol. The number of nitriles is 1. The quantitative estimate of drug-likeness (QED) is 0.778. The van der Waals surface area contributed by atoms with Gasteiger partial charge in [0.1, 0.15) is 23.4 Å².